The lowest BCUT2D eigenvalue weighted by Crippen LogP contribution is -2.20. The monoisotopic (exact) mass is 330 g/mol. The van der Waals surface area contributed by atoms with Gasteiger partial charge in [0, 0.05) is 4.47 Å². The molecule has 0 aromatic heterocycles. The van der Waals surface area contributed by atoms with Gasteiger partial charge in [0.15, 0.2) is 0 Å². The topological polar surface area (TPSA) is 52.9 Å². The summed E-state index contributed by atoms with van der Waals surface area (Å²) in [5, 5.41) is 11.5. The van der Waals surface area contributed by atoms with Crippen LogP contribution in [0.4, 0.5) is 5.69 Å². The van der Waals surface area contributed by atoms with E-state index in [1.165, 1.54) is 0 Å². The third-order valence-corrected chi connectivity index (χ3v) is 2.63. The lowest BCUT2D eigenvalue weighted by Gasteiger charge is -2.08. The second-order valence-electron chi connectivity index (χ2n) is 2.91. The van der Waals surface area contributed by atoms with Gasteiger partial charge in [-0.1, -0.05) is 31.9 Å². The van der Waals surface area contributed by atoms with Crippen LogP contribution < -0.4 is 5.32 Å². The van der Waals surface area contributed by atoms with Gasteiger partial charge in [-0.25, -0.2) is 0 Å². The van der Waals surface area contributed by atoms with Crippen molar-refractivity contribution in [2.24, 2.45) is 0 Å². The van der Waals surface area contributed by atoms with Crippen molar-refractivity contribution in [3.05, 3.63) is 28.2 Å². The fourth-order valence-electron chi connectivity index (χ4n) is 0.950. The molecule has 1 aromatic carbocycles. The fourth-order valence-corrected chi connectivity index (χ4v) is 1.43. The van der Waals surface area contributed by atoms with E-state index in [1.54, 1.807) is 25.1 Å². The first-order valence-electron chi connectivity index (χ1n) is 4.19. The Labute approximate surface area is 105 Å². The van der Waals surface area contributed by atoms with Crippen molar-refractivity contribution in [1.29, 1.82) is 5.26 Å². The van der Waals surface area contributed by atoms with Crippen molar-refractivity contribution < 1.29 is 4.79 Å². The minimum atomic E-state index is -0.285. The number of carbonyl (C=O) groups is 1. The molecule has 78 valence electrons. The molecule has 0 aliphatic carbocycles. The number of hydrogen-bond acceptors (Lipinski definition) is 2. The number of nitrogens with zero attached hydrogens (tertiary/aromatic N) is 1. The fraction of sp³-hybridized carbons (Fsp3) is 0.200. The Morgan fingerprint density at radius 3 is 2.80 bits per heavy atom. The average Bonchev–Trinajstić information content (AvgIpc) is 2.20. The second-order valence-corrected chi connectivity index (χ2v) is 5.20. The van der Waals surface area contributed by atoms with Crippen molar-refractivity contribution in [2.75, 3.05) is 5.32 Å². The van der Waals surface area contributed by atoms with E-state index in [0.717, 1.165) is 4.47 Å². The number of amides is 1. The molecule has 0 aliphatic heterocycles. The van der Waals surface area contributed by atoms with Crippen LogP contribution in [-0.4, -0.2) is 10.7 Å². The Hall–Kier alpha value is -0.860. The minimum absolute atomic E-state index is 0.172. The number of anilines is 1. The first-order valence-corrected chi connectivity index (χ1v) is 5.90. The molecule has 0 bridgehead atoms. The molecule has 1 aromatic rings. The summed E-state index contributed by atoms with van der Waals surface area (Å²) in [7, 11) is 0. The maximum atomic E-state index is 11.4. The lowest BCUT2D eigenvalue weighted by molar-refractivity contribution is -0.115. The SMILES string of the molecule is CC(Br)C(=O)Nc1ccc(Br)cc1C#N. The number of nitriles is 1. The number of alkyl halides is 1. The van der Waals surface area contributed by atoms with Crippen LogP contribution in [0.1, 0.15) is 12.5 Å². The van der Waals surface area contributed by atoms with Crippen LogP contribution in [0.3, 0.4) is 0 Å². The Morgan fingerprint density at radius 2 is 2.27 bits per heavy atom. The third-order valence-electron chi connectivity index (χ3n) is 1.72. The zero-order valence-corrected chi connectivity index (χ0v) is 11.1. The molecule has 0 radical (unpaired) electrons. The van der Waals surface area contributed by atoms with E-state index in [9.17, 15) is 4.79 Å². The molecule has 0 aliphatic rings. The molecular weight excluding hydrogens is 324 g/mol. The molecule has 5 heteroatoms. The molecule has 1 unspecified atom stereocenters. The molecule has 0 fully saturated rings. The van der Waals surface area contributed by atoms with Crippen LogP contribution in [0.25, 0.3) is 0 Å². The highest BCUT2D eigenvalue weighted by Gasteiger charge is 2.11. The van der Waals surface area contributed by atoms with E-state index >= 15 is 0 Å². The van der Waals surface area contributed by atoms with Crippen LogP contribution in [0.2, 0.25) is 0 Å². The zero-order chi connectivity index (χ0) is 11.4. The van der Waals surface area contributed by atoms with Gasteiger partial charge < -0.3 is 5.32 Å². The highest BCUT2D eigenvalue weighted by atomic mass is 79.9. The van der Waals surface area contributed by atoms with Crippen LogP contribution >= 0.6 is 31.9 Å². The first kappa shape index (κ1) is 12.2. The number of halogens is 2. The Balaban J connectivity index is 2.96. The highest BCUT2D eigenvalue weighted by Crippen LogP contribution is 2.20. The molecule has 0 heterocycles. The molecule has 0 saturated carbocycles. The summed E-state index contributed by atoms with van der Waals surface area (Å²) in [5.74, 6) is -0.172. The Morgan fingerprint density at radius 1 is 1.60 bits per heavy atom. The predicted molar refractivity (Wildman–Crippen MR) is 65.9 cm³/mol. The van der Waals surface area contributed by atoms with Crippen LogP contribution in [0, 0.1) is 11.3 Å². The predicted octanol–water partition coefficient (Wildman–Crippen LogP) is 3.04. The second kappa shape index (κ2) is 5.29. The van der Waals surface area contributed by atoms with Crippen molar-refractivity contribution in [2.45, 2.75) is 11.8 Å². The van der Waals surface area contributed by atoms with E-state index in [-0.39, 0.29) is 10.7 Å². The summed E-state index contributed by atoms with van der Waals surface area (Å²) in [6.07, 6.45) is 0. The zero-order valence-electron chi connectivity index (χ0n) is 7.92. The number of nitrogens with one attached hydrogen (secondary N) is 1. The maximum Gasteiger partial charge on any atom is 0.237 e. The molecule has 15 heavy (non-hydrogen) atoms. The quantitative estimate of drug-likeness (QED) is 0.847. The number of rotatable bonds is 2. The summed E-state index contributed by atoms with van der Waals surface area (Å²) in [6, 6.07) is 7.15. The number of hydrogen-bond donors (Lipinski definition) is 1. The molecule has 0 spiro atoms. The smallest absolute Gasteiger partial charge is 0.237 e. The summed E-state index contributed by atoms with van der Waals surface area (Å²) in [5.41, 5.74) is 0.961. The van der Waals surface area contributed by atoms with Crippen molar-refractivity contribution in [3.8, 4) is 6.07 Å². The lowest BCUT2D eigenvalue weighted by atomic mass is 10.2. The maximum absolute atomic E-state index is 11.4. The Bertz CT molecular complexity index is 424. The van der Waals surface area contributed by atoms with Gasteiger partial charge in [-0.3, -0.25) is 4.79 Å². The van der Waals surface area contributed by atoms with E-state index < -0.39 is 0 Å². The van der Waals surface area contributed by atoms with Gasteiger partial charge in [-0.15, -0.1) is 0 Å². The van der Waals surface area contributed by atoms with Gasteiger partial charge in [-0.2, -0.15) is 5.26 Å². The summed E-state index contributed by atoms with van der Waals surface area (Å²) >= 11 is 6.41. The molecule has 1 rings (SSSR count). The van der Waals surface area contributed by atoms with Gasteiger partial charge in [0.1, 0.15) is 6.07 Å². The normalized spacial score (nSPS) is 11.6. The molecule has 1 atom stereocenters. The molecule has 0 saturated heterocycles. The van der Waals surface area contributed by atoms with Crippen LogP contribution in [0.15, 0.2) is 22.7 Å². The highest BCUT2D eigenvalue weighted by molar-refractivity contribution is 9.10. The molecular formula is C10H8Br2N2O. The summed E-state index contributed by atoms with van der Waals surface area (Å²) in [6.45, 7) is 1.72. The average molecular weight is 332 g/mol. The summed E-state index contributed by atoms with van der Waals surface area (Å²) in [4.78, 5) is 11.1. The van der Waals surface area contributed by atoms with Crippen LogP contribution in [0.5, 0.6) is 0 Å². The van der Waals surface area contributed by atoms with Crippen molar-refractivity contribution >= 4 is 43.5 Å². The standard InChI is InChI=1S/C10H8Br2N2O/c1-6(11)10(15)14-9-3-2-8(12)4-7(9)5-13/h2-4,6H,1H3,(H,14,15). The van der Waals surface area contributed by atoms with Gasteiger partial charge in [-0.05, 0) is 25.1 Å². The van der Waals surface area contributed by atoms with Crippen molar-refractivity contribution in [1.82, 2.24) is 0 Å². The van der Waals surface area contributed by atoms with Crippen molar-refractivity contribution in [3.63, 3.8) is 0 Å². The van der Waals surface area contributed by atoms with E-state index in [4.69, 9.17) is 5.26 Å². The first-order chi connectivity index (χ1) is 7.04. The number of carbonyl (C=O) groups excluding carboxylic acids is 1. The van der Waals surface area contributed by atoms with E-state index in [1.807, 2.05) is 6.07 Å². The van der Waals surface area contributed by atoms with E-state index in [2.05, 4.69) is 37.2 Å². The van der Waals surface area contributed by atoms with Gasteiger partial charge in [0.25, 0.3) is 0 Å². The molecule has 3 nitrogen and oxygen atoms in total. The third kappa shape index (κ3) is 3.33. The molecule has 1 N–H and O–H groups in total. The van der Waals surface area contributed by atoms with Gasteiger partial charge in [0.2, 0.25) is 5.91 Å². The van der Waals surface area contributed by atoms with Crippen LogP contribution in [-0.2, 0) is 4.79 Å². The molecule has 1 amide bonds. The Kier molecular flexibility index (Phi) is 4.30. The summed E-state index contributed by atoms with van der Waals surface area (Å²) < 4.78 is 0.809. The largest absolute Gasteiger partial charge is 0.324 e. The van der Waals surface area contributed by atoms with Gasteiger partial charge >= 0.3 is 0 Å². The van der Waals surface area contributed by atoms with Gasteiger partial charge in [0.05, 0.1) is 16.1 Å². The number of benzene rings is 1. The van der Waals surface area contributed by atoms with E-state index in [0.29, 0.717) is 11.3 Å². The minimum Gasteiger partial charge on any atom is -0.324 e.